The Labute approximate surface area is 95.1 Å². The van der Waals surface area contributed by atoms with Crippen LogP contribution in [0.4, 0.5) is 0 Å². The zero-order chi connectivity index (χ0) is 12.0. The Morgan fingerprint density at radius 1 is 1.50 bits per heavy atom. The lowest BCUT2D eigenvalue weighted by molar-refractivity contribution is 0.191. The molecule has 1 heterocycles. The smallest absolute Gasteiger partial charge is 0.268 e. The summed E-state index contributed by atoms with van der Waals surface area (Å²) in [6.45, 7) is 3.11. The van der Waals surface area contributed by atoms with Gasteiger partial charge in [0.05, 0.1) is 0 Å². The van der Waals surface area contributed by atoms with Crippen molar-refractivity contribution in [1.82, 2.24) is 4.57 Å². The standard InChI is InChI=1S/C12H16N2O2/c1-10-5-7-14(6-3-4-8-16-2)12(15)11(10)9-13/h5,7H,3-4,6,8H2,1-2H3. The van der Waals surface area contributed by atoms with E-state index in [1.165, 1.54) is 0 Å². The summed E-state index contributed by atoms with van der Waals surface area (Å²) < 4.78 is 6.52. The van der Waals surface area contributed by atoms with Crippen LogP contribution in [-0.2, 0) is 11.3 Å². The molecule has 0 spiro atoms. The molecule has 0 unspecified atom stereocenters. The van der Waals surface area contributed by atoms with E-state index in [1.54, 1.807) is 30.9 Å². The summed E-state index contributed by atoms with van der Waals surface area (Å²) in [7, 11) is 1.66. The summed E-state index contributed by atoms with van der Waals surface area (Å²) >= 11 is 0. The molecule has 1 aromatic rings. The molecule has 0 aliphatic heterocycles. The highest BCUT2D eigenvalue weighted by molar-refractivity contribution is 5.33. The number of pyridine rings is 1. The van der Waals surface area contributed by atoms with Crippen molar-refractivity contribution in [3.05, 3.63) is 33.7 Å². The first-order chi connectivity index (χ1) is 7.70. The Bertz CT molecular complexity index is 443. The molecule has 16 heavy (non-hydrogen) atoms. The van der Waals surface area contributed by atoms with Crippen LogP contribution in [0.2, 0.25) is 0 Å². The number of nitriles is 1. The Kier molecular flexibility index (Phi) is 4.74. The van der Waals surface area contributed by atoms with Crippen molar-refractivity contribution in [3.8, 4) is 6.07 Å². The van der Waals surface area contributed by atoms with Crippen molar-refractivity contribution in [3.63, 3.8) is 0 Å². The SMILES string of the molecule is COCCCCn1ccc(C)c(C#N)c1=O. The monoisotopic (exact) mass is 220 g/mol. The number of unbranched alkanes of at least 4 members (excludes halogenated alkanes) is 1. The molecular formula is C12H16N2O2. The maximum atomic E-state index is 11.8. The molecule has 0 amide bonds. The number of rotatable bonds is 5. The molecule has 0 fully saturated rings. The topological polar surface area (TPSA) is 55.0 Å². The van der Waals surface area contributed by atoms with Crippen LogP contribution in [-0.4, -0.2) is 18.3 Å². The Hall–Kier alpha value is -1.60. The van der Waals surface area contributed by atoms with E-state index in [2.05, 4.69) is 0 Å². The number of ether oxygens (including phenoxy) is 1. The third kappa shape index (κ3) is 2.94. The Morgan fingerprint density at radius 2 is 2.25 bits per heavy atom. The van der Waals surface area contributed by atoms with E-state index in [1.807, 2.05) is 6.07 Å². The van der Waals surface area contributed by atoms with Crippen molar-refractivity contribution in [2.24, 2.45) is 0 Å². The van der Waals surface area contributed by atoms with Gasteiger partial charge in [-0.05, 0) is 31.4 Å². The van der Waals surface area contributed by atoms with Gasteiger partial charge in [0.15, 0.2) is 0 Å². The minimum Gasteiger partial charge on any atom is -0.385 e. The van der Waals surface area contributed by atoms with Crippen LogP contribution in [0.15, 0.2) is 17.1 Å². The lowest BCUT2D eigenvalue weighted by Crippen LogP contribution is -2.23. The van der Waals surface area contributed by atoms with E-state index in [9.17, 15) is 4.79 Å². The van der Waals surface area contributed by atoms with Crippen LogP contribution >= 0.6 is 0 Å². The number of aromatic nitrogens is 1. The van der Waals surface area contributed by atoms with Gasteiger partial charge in [-0.25, -0.2) is 0 Å². The molecule has 0 atom stereocenters. The van der Waals surface area contributed by atoms with Crippen LogP contribution in [0.5, 0.6) is 0 Å². The average molecular weight is 220 g/mol. The van der Waals surface area contributed by atoms with E-state index in [-0.39, 0.29) is 11.1 Å². The van der Waals surface area contributed by atoms with E-state index >= 15 is 0 Å². The number of hydrogen-bond acceptors (Lipinski definition) is 3. The minimum atomic E-state index is -0.195. The summed E-state index contributed by atoms with van der Waals surface area (Å²) in [4.78, 5) is 11.8. The average Bonchev–Trinajstić information content (AvgIpc) is 2.28. The molecule has 1 aromatic heterocycles. The van der Waals surface area contributed by atoms with Gasteiger partial charge in [-0.2, -0.15) is 5.26 Å². The maximum absolute atomic E-state index is 11.8. The van der Waals surface area contributed by atoms with Crippen molar-refractivity contribution in [1.29, 1.82) is 5.26 Å². The third-order valence-electron chi connectivity index (χ3n) is 2.48. The molecule has 0 N–H and O–H groups in total. The predicted octanol–water partition coefficient (Wildman–Crippen LogP) is 1.45. The van der Waals surface area contributed by atoms with Gasteiger partial charge in [0.25, 0.3) is 5.56 Å². The summed E-state index contributed by atoms with van der Waals surface area (Å²) in [5, 5.41) is 8.85. The number of methoxy groups -OCH3 is 1. The molecule has 0 bridgehead atoms. The largest absolute Gasteiger partial charge is 0.385 e. The molecule has 0 saturated carbocycles. The van der Waals surface area contributed by atoms with Crippen LogP contribution < -0.4 is 5.56 Å². The van der Waals surface area contributed by atoms with Crippen LogP contribution in [0.25, 0.3) is 0 Å². The van der Waals surface area contributed by atoms with Crippen molar-refractivity contribution >= 4 is 0 Å². The molecular weight excluding hydrogens is 204 g/mol. The summed E-state index contributed by atoms with van der Waals surface area (Å²) in [6, 6.07) is 3.75. The summed E-state index contributed by atoms with van der Waals surface area (Å²) in [5.74, 6) is 0. The highest BCUT2D eigenvalue weighted by Crippen LogP contribution is 2.01. The summed E-state index contributed by atoms with van der Waals surface area (Å²) in [6.07, 6.45) is 3.53. The lowest BCUT2D eigenvalue weighted by atomic mass is 10.2. The second-order valence-electron chi connectivity index (χ2n) is 3.68. The molecule has 0 saturated heterocycles. The van der Waals surface area contributed by atoms with E-state index in [0.29, 0.717) is 13.2 Å². The number of aryl methyl sites for hydroxylation is 2. The lowest BCUT2D eigenvalue weighted by Gasteiger charge is -2.06. The van der Waals surface area contributed by atoms with Gasteiger partial charge >= 0.3 is 0 Å². The van der Waals surface area contributed by atoms with Gasteiger partial charge in [-0.3, -0.25) is 4.79 Å². The summed E-state index contributed by atoms with van der Waals surface area (Å²) in [5.41, 5.74) is 0.787. The van der Waals surface area contributed by atoms with Crippen molar-refractivity contribution in [2.45, 2.75) is 26.3 Å². The highest BCUT2D eigenvalue weighted by atomic mass is 16.5. The van der Waals surface area contributed by atoms with Crippen LogP contribution in [0.3, 0.4) is 0 Å². The van der Waals surface area contributed by atoms with Gasteiger partial charge in [-0.15, -0.1) is 0 Å². The van der Waals surface area contributed by atoms with Gasteiger partial charge in [-0.1, -0.05) is 0 Å². The molecule has 86 valence electrons. The minimum absolute atomic E-state index is 0.195. The van der Waals surface area contributed by atoms with Crippen LogP contribution in [0, 0.1) is 18.3 Å². The molecule has 0 radical (unpaired) electrons. The van der Waals surface area contributed by atoms with Gasteiger partial charge in [0, 0.05) is 26.5 Å². The van der Waals surface area contributed by atoms with Crippen LogP contribution in [0.1, 0.15) is 24.0 Å². The van der Waals surface area contributed by atoms with Crippen molar-refractivity contribution in [2.75, 3.05) is 13.7 Å². The fourth-order valence-corrected chi connectivity index (χ4v) is 1.51. The molecule has 4 nitrogen and oxygen atoms in total. The van der Waals surface area contributed by atoms with E-state index in [0.717, 1.165) is 18.4 Å². The second kappa shape index (κ2) is 6.09. The van der Waals surface area contributed by atoms with Gasteiger partial charge in [0.2, 0.25) is 0 Å². The number of nitrogens with zero attached hydrogens (tertiary/aromatic N) is 2. The molecule has 1 rings (SSSR count). The quantitative estimate of drug-likeness (QED) is 0.706. The second-order valence-corrected chi connectivity index (χ2v) is 3.68. The van der Waals surface area contributed by atoms with E-state index in [4.69, 9.17) is 10.00 Å². The first-order valence-corrected chi connectivity index (χ1v) is 5.29. The first-order valence-electron chi connectivity index (χ1n) is 5.29. The zero-order valence-electron chi connectivity index (χ0n) is 9.69. The van der Waals surface area contributed by atoms with E-state index < -0.39 is 0 Å². The first kappa shape index (κ1) is 12.5. The molecule has 4 heteroatoms. The fraction of sp³-hybridized carbons (Fsp3) is 0.500. The Balaban J connectivity index is 2.76. The normalized spacial score (nSPS) is 10.1. The third-order valence-corrected chi connectivity index (χ3v) is 2.48. The Morgan fingerprint density at radius 3 is 2.88 bits per heavy atom. The zero-order valence-corrected chi connectivity index (χ0v) is 9.69. The molecule has 0 aliphatic rings. The number of hydrogen-bond donors (Lipinski definition) is 0. The van der Waals surface area contributed by atoms with Gasteiger partial charge in [0.1, 0.15) is 11.6 Å². The predicted molar refractivity (Wildman–Crippen MR) is 61.3 cm³/mol. The maximum Gasteiger partial charge on any atom is 0.268 e. The molecule has 0 aliphatic carbocycles. The highest BCUT2D eigenvalue weighted by Gasteiger charge is 2.05. The van der Waals surface area contributed by atoms with Crippen molar-refractivity contribution < 1.29 is 4.74 Å². The molecule has 0 aromatic carbocycles. The fourth-order valence-electron chi connectivity index (χ4n) is 1.51. The van der Waals surface area contributed by atoms with Gasteiger partial charge < -0.3 is 9.30 Å².